The van der Waals surface area contributed by atoms with E-state index in [9.17, 15) is 14.7 Å². The number of benzene rings is 1. The van der Waals surface area contributed by atoms with E-state index < -0.39 is 29.8 Å². The summed E-state index contributed by atoms with van der Waals surface area (Å²) < 4.78 is 27.7. The highest BCUT2D eigenvalue weighted by Gasteiger charge is 2.33. The second kappa shape index (κ2) is 19.4. The van der Waals surface area contributed by atoms with E-state index in [1.54, 1.807) is 35.0 Å². The number of hydrogen-bond acceptors (Lipinski definition) is 9. The number of amides is 2. The molecular formula is C36H63N3O8. The minimum atomic E-state index is -0.965. The molecule has 4 atom stereocenters. The maximum absolute atomic E-state index is 13.2. The Bertz CT molecular complexity index is 1080. The maximum atomic E-state index is 13.2. The molecule has 3 N–H and O–H groups in total. The number of carbonyl (C=O) groups is 2. The topological polar surface area (TPSA) is 128 Å². The molecule has 2 rings (SSSR count). The Labute approximate surface area is 283 Å². The molecule has 1 aromatic carbocycles. The average molecular weight is 666 g/mol. The van der Waals surface area contributed by atoms with Gasteiger partial charge in [0.05, 0.1) is 39.1 Å². The van der Waals surface area contributed by atoms with Crippen LogP contribution in [0.2, 0.25) is 0 Å². The predicted octanol–water partition coefficient (Wildman–Crippen LogP) is 4.82. The summed E-state index contributed by atoms with van der Waals surface area (Å²) in [6.45, 7) is 20.4. The van der Waals surface area contributed by atoms with Gasteiger partial charge < -0.3 is 39.4 Å². The van der Waals surface area contributed by atoms with E-state index in [4.69, 9.17) is 23.7 Å². The van der Waals surface area contributed by atoms with Crippen LogP contribution in [0.25, 0.3) is 0 Å². The molecule has 1 fully saturated rings. The van der Waals surface area contributed by atoms with E-state index in [2.05, 4.69) is 43.2 Å². The number of aliphatic hydroxyl groups is 1. The van der Waals surface area contributed by atoms with Gasteiger partial charge in [0, 0.05) is 51.2 Å². The maximum Gasteiger partial charge on any atom is 0.407 e. The van der Waals surface area contributed by atoms with Crippen LogP contribution in [0.15, 0.2) is 18.2 Å². The minimum absolute atomic E-state index is 0.0952. The van der Waals surface area contributed by atoms with Crippen molar-refractivity contribution in [3.63, 3.8) is 0 Å². The Morgan fingerprint density at radius 3 is 2.28 bits per heavy atom. The van der Waals surface area contributed by atoms with E-state index >= 15 is 0 Å². The Morgan fingerprint density at radius 1 is 1.00 bits per heavy atom. The Morgan fingerprint density at radius 2 is 1.68 bits per heavy atom. The lowest BCUT2D eigenvalue weighted by molar-refractivity contribution is -0.126. The van der Waals surface area contributed by atoms with Crippen molar-refractivity contribution >= 4 is 12.0 Å². The monoisotopic (exact) mass is 665 g/mol. The highest BCUT2D eigenvalue weighted by Crippen LogP contribution is 2.32. The van der Waals surface area contributed by atoms with Gasteiger partial charge in [0.25, 0.3) is 0 Å². The first-order chi connectivity index (χ1) is 22.1. The van der Waals surface area contributed by atoms with Gasteiger partial charge in [-0.25, -0.2) is 4.79 Å². The highest BCUT2D eigenvalue weighted by atomic mass is 16.6. The number of nitrogens with one attached hydrogen (secondary N) is 2. The van der Waals surface area contributed by atoms with Crippen molar-refractivity contribution in [1.82, 2.24) is 15.5 Å². The molecule has 0 bridgehead atoms. The standard InChI is InChI=1S/C36H63N3O8/c1-25(2)28(21-27-12-13-31(44-10)32(22-27)46-17-11-16-43-9)23-29(38-34(42)47-35(4,5)6)30(40)20-26(3)33(41)37-24-36(7,8)39-14-18-45-19-15-39/h12-13,22,25-26,28-30,40H,11,14-21,23-24H2,1-10H3,(H,37,41)(H,38,42)/t26-,28+,29+,30+/m1/s1. The number of nitrogens with zero attached hydrogens (tertiary/aromatic N) is 1. The van der Waals surface area contributed by atoms with Crippen LogP contribution in [0, 0.1) is 17.8 Å². The number of ether oxygens (including phenoxy) is 5. The zero-order valence-electron chi connectivity index (χ0n) is 30.6. The van der Waals surface area contributed by atoms with E-state index in [0.29, 0.717) is 57.3 Å². The molecule has 0 unspecified atom stereocenters. The summed E-state index contributed by atoms with van der Waals surface area (Å²) in [6, 6.07) is 5.30. The van der Waals surface area contributed by atoms with Gasteiger partial charge >= 0.3 is 6.09 Å². The van der Waals surface area contributed by atoms with Crippen molar-refractivity contribution in [2.24, 2.45) is 17.8 Å². The fraction of sp³-hybridized carbons (Fsp3) is 0.778. The third kappa shape index (κ3) is 14.6. The molecule has 47 heavy (non-hydrogen) atoms. The summed E-state index contributed by atoms with van der Waals surface area (Å²) in [5.74, 6) is 1.07. The van der Waals surface area contributed by atoms with Gasteiger partial charge in [0.1, 0.15) is 5.60 Å². The van der Waals surface area contributed by atoms with Crippen molar-refractivity contribution in [2.45, 2.75) is 104 Å². The van der Waals surface area contributed by atoms with Crippen LogP contribution in [-0.2, 0) is 25.4 Å². The first-order valence-electron chi connectivity index (χ1n) is 17.1. The molecule has 0 radical (unpaired) electrons. The van der Waals surface area contributed by atoms with Crippen molar-refractivity contribution < 1.29 is 38.4 Å². The molecule has 11 nitrogen and oxygen atoms in total. The smallest absolute Gasteiger partial charge is 0.407 e. The van der Waals surface area contributed by atoms with Gasteiger partial charge in [-0.15, -0.1) is 0 Å². The highest BCUT2D eigenvalue weighted by molar-refractivity contribution is 5.78. The SMILES string of the molecule is COCCCOc1cc(C[C@@H](C[C@H](NC(=O)OC(C)(C)C)[C@@H](O)C[C@@H](C)C(=O)NCC(C)(C)N2CCOCC2)C(C)C)ccc1OC. The van der Waals surface area contributed by atoms with Crippen LogP contribution in [0.5, 0.6) is 11.5 Å². The fourth-order valence-electron chi connectivity index (χ4n) is 5.73. The zero-order valence-corrected chi connectivity index (χ0v) is 30.6. The molecule has 0 aliphatic carbocycles. The number of methoxy groups -OCH3 is 2. The first-order valence-corrected chi connectivity index (χ1v) is 17.1. The van der Waals surface area contributed by atoms with Gasteiger partial charge in [0.15, 0.2) is 11.5 Å². The van der Waals surface area contributed by atoms with Crippen LogP contribution in [0.4, 0.5) is 4.79 Å². The molecule has 0 saturated carbocycles. The second-order valence-electron chi connectivity index (χ2n) is 14.7. The summed E-state index contributed by atoms with van der Waals surface area (Å²) in [6.07, 6.45) is 0.583. The Balaban J connectivity index is 2.16. The molecular weight excluding hydrogens is 602 g/mol. The molecule has 270 valence electrons. The predicted molar refractivity (Wildman–Crippen MR) is 184 cm³/mol. The summed E-state index contributed by atoms with van der Waals surface area (Å²) in [5.41, 5.74) is 0.145. The molecule has 1 heterocycles. The number of aliphatic hydroxyl groups excluding tert-OH is 1. The van der Waals surface area contributed by atoms with Crippen LogP contribution < -0.4 is 20.1 Å². The van der Waals surface area contributed by atoms with Crippen LogP contribution in [-0.4, -0.2) is 106 Å². The third-order valence-corrected chi connectivity index (χ3v) is 8.75. The molecule has 1 aromatic rings. The number of alkyl carbamates (subject to hydrolysis) is 1. The number of hydrogen-bond donors (Lipinski definition) is 3. The lowest BCUT2D eigenvalue weighted by atomic mass is 9.82. The van der Waals surface area contributed by atoms with E-state index in [-0.39, 0.29) is 29.7 Å². The molecule has 0 aromatic heterocycles. The zero-order chi connectivity index (χ0) is 35.2. The summed E-state index contributed by atoms with van der Waals surface area (Å²) in [5, 5.41) is 17.6. The van der Waals surface area contributed by atoms with Crippen molar-refractivity contribution in [3.8, 4) is 11.5 Å². The molecule has 1 saturated heterocycles. The van der Waals surface area contributed by atoms with Crippen LogP contribution in [0.3, 0.4) is 0 Å². The summed E-state index contributed by atoms with van der Waals surface area (Å²) in [4.78, 5) is 28.5. The normalized spacial score (nSPS) is 17.0. The van der Waals surface area contributed by atoms with Gasteiger partial charge in [-0.05, 0) is 83.4 Å². The van der Waals surface area contributed by atoms with Gasteiger partial charge in [0.2, 0.25) is 5.91 Å². The Kier molecular flexibility index (Phi) is 16.8. The summed E-state index contributed by atoms with van der Waals surface area (Å²) in [7, 11) is 3.29. The number of carbonyl (C=O) groups excluding carboxylic acids is 2. The molecule has 11 heteroatoms. The Hall–Kier alpha value is -2.60. The first kappa shape index (κ1) is 40.6. The second-order valence-corrected chi connectivity index (χ2v) is 14.7. The van der Waals surface area contributed by atoms with Crippen molar-refractivity contribution in [1.29, 1.82) is 0 Å². The van der Waals surface area contributed by atoms with E-state index in [1.165, 1.54) is 0 Å². The lowest BCUT2D eigenvalue weighted by Crippen LogP contribution is -2.56. The molecule has 1 aliphatic rings. The lowest BCUT2D eigenvalue weighted by Gasteiger charge is -2.41. The number of rotatable bonds is 19. The van der Waals surface area contributed by atoms with Gasteiger partial charge in [-0.2, -0.15) is 0 Å². The van der Waals surface area contributed by atoms with Gasteiger partial charge in [-0.3, -0.25) is 9.69 Å². The van der Waals surface area contributed by atoms with E-state index in [1.807, 2.05) is 25.1 Å². The van der Waals surface area contributed by atoms with Crippen molar-refractivity contribution in [3.05, 3.63) is 23.8 Å². The summed E-state index contributed by atoms with van der Waals surface area (Å²) >= 11 is 0. The quantitative estimate of drug-likeness (QED) is 0.178. The molecule has 1 aliphatic heterocycles. The van der Waals surface area contributed by atoms with Gasteiger partial charge in [-0.1, -0.05) is 26.8 Å². The number of morpholine rings is 1. The largest absolute Gasteiger partial charge is 0.493 e. The molecule has 2 amide bonds. The fourth-order valence-corrected chi connectivity index (χ4v) is 5.73. The minimum Gasteiger partial charge on any atom is -0.493 e. The van der Waals surface area contributed by atoms with Crippen molar-refractivity contribution in [2.75, 3.05) is 60.3 Å². The van der Waals surface area contributed by atoms with E-state index in [0.717, 1.165) is 25.1 Å². The van der Waals surface area contributed by atoms with Crippen LogP contribution >= 0.6 is 0 Å². The third-order valence-electron chi connectivity index (χ3n) is 8.75. The molecule has 0 spiro atoms. The average Bonchev–Trinajstić information content (AvgIpc) is 3.00. The van der Waals surface area contributed by atoms with Crippen LogP contribution in [0.1, 0.15) is 80.2 Å².